The zero-order chi connectivity index (χ0) is 23.9. The predicted molar refractivity (Wildman–Crippen MR) is 120 cm³/mol. The van der Waals surface area contributed by atoms with Crippen molar-refractivity contribution in [2.24, 2.45) is 0 Å². The quantitative estimate of drug-likeness (QED) is 0.442. The second-order valence-electron chi connectivity index (χ2n) is 8.26. The van der Waals surface area contributed by atoms with Gasteiger partial charge >= 0.3 is 0 Å². The van der Waals surface area contributed by atoms with E-state index in [4.69, 9.17) is 5.73 Å². The predicted octanol–water partition coefficient (Wildman–Crippen LogP) is 1.90. The van der Waals surface area contributed by atoms with Gasteiger partial charge in [-0.05, 0) is 31.2 Å². The van der Waals surface area contributed by atoms with Crippen LogP contribution in [-0.2, 0) is 12.1 Å². The number of hydrogen-bond donors (Lipinski definition) is 2. The summed E-state index contributed by atoms with van der Waals surface area (Å²) in [5.74, 6) is 3.81. The highest BCUT2D eigenvalue weighted by Gasteiger charge is 2.43. The number of fused-ring (bicyclic) bond motifs is 1. The van der Waals surface area contributed by atoms with Gasteiger partial charge in [-0.1, -0.05) is 11.8 Å². The number of aromatic nitrogens is 6. The van der Waals surface area contributed by atoms with Crippen LogP contribution in [0.25, 0.3) is 16.7 Å². The summed E-state index contributed by atoms with van der Waals surface area (Å²) in [6.07, 6.45) is 4.58. The molecule has 1 fully saturated rings. The van der Waals surface area contributed by atoms with Gasteiger partial charge in [-0.25, -0.2) is 28.4 Å². The molecule has 172 valence electrons. The van der Waals surface area contributed by atoms with Gasteiger partial charge in [-0.3, -0.25) is 4.90 Å². The van der Waals surface area contributed by atoms with Crippen molar-refractivity contribution in [3.8, 4) is 17.7 Å². The second-order valence-corrected chi connectivity index (χ2v) is 8.26. The molecule has 0 amide bonds. The molecule has 3 aromatic heterocycles. The van der Waals surface area contributed by atoms with Crippen molar-refractivity contribution in [3.05, 3.63) is 66.0 Å². The highest BCUT2D eigenvalue weighted by Crippen LogP contribution is 2.30. The number of benzene rings is 1. The van der Waals surface area contributed by atoms with Crippen molar-refractivity contribution in [2.45, 2.75) is 25.0 Å². The van der Waals surface area contributed by atoms with Crippen LogP contribution in [0, 0.1) is 11.8 Å². The molecular formula is C23H20F2N8O. The molecule has 3 N–H and O–H groups in total. The van der Waals surface area contributed by atoms with E-state index in [1.54, 1.807) is 33.8 Å². The van der Waals surface area contributed by atoms with Gasteiger partial charge in [0.2, 0.25) is 5.95 Å². The fraction of sp³-hybridized carbons (Fsp3) is 0.261. The number of alkyl halides is 2. The minimum Gasteiger partial charge on any atom is -0.371 e. The average molecular weight is 462 g/mol. The van der Waals surface area contributed by atoms with E-state index in [2.05, 4.69) is 36.9 Å². The van der Waals surface area contributed by atoms with Crippen molar-refractivity contribution in [3.63, 3.8) is 0 Å². The van der Waals surface area contributed by atoms with Crippen LogP contribution in [0.3, 0.4) is 0 Å². The molecule has 9 nitrogen and oxygen atoms in total. The first-order valence-corrected chi connectivity index (χ1v) is 10.4. The van der Waals surface area contributed by atoms with E-state index in [9.17, 15) is 13.9 Å². The van der Waals surface area contributed by atoms with Gasteiger partial charge in [0.25, 0.3) is 5.92 Å². The molecule has 0 spiro atoms. The van der Waals surface area contributed by atoms with Gasteiger partial charge in [0.1, 0.15) is 0 Å². The van der Waals surface area contributed by atoms with Gasteiger partial charge in [0, 0.05) is 42.2 Å². The molecule has 4 aromatic rings. The summed E-state index contributed by atoms with van der Waals surface area (Å²) in [6, 6.07) is 8.71. The van der Waals surface area contributed by atoms with E-state index in [-0.39, 0.29) is 31.4 Å². The fourth-order valence-corrected chi connectivity index (χ4v) is 3.76. The van der Waals surface area contributed by atoms with Crippen LogP contribution < -0.4 is 5.73 Å². The van der Waals surface area contributed by atoms with Crippen molar-refractivity contribution in [1.29, 1.82) is 0 Å². The molecule has 1 aliphatic rings. The number of rotatable bonds is 4. The van der Waals surface area contributed by atoms with E-state index in [0.29, 0.717) is 22.6 Å². The molecular weight excluding hydrogens is 442 g/mol. The first kappa shape index (κ1) is 21.8. The summed E-state index contributed by atoms with van der Waals surface area (Å²) in [4.78, 5) is 17.9. The smallest absolute Gasteiger partial charge is 0.272 e. The van der Waals surface area contributed by atoms with Gasteiger partial charge in [0.05, 0.1) is 24.3 Å². The van der Waals surface area contributed by atoms with Gasteiger partial charge in [-0.15, -0.1) is 0 Å². The highest BCUT2D eigenvalue weighted by molar-refractivity contribution is 5.84. The molecule has 1 atom stereocenters. The Kier molecular flexibility index (Phi) is 5.19. The van der Waals surface area contributed by atoms with Crippen LogP contribution in [0.2, 0.25) is 0 Å². The number of anilines is 1. The van der Waals surface area contributed by atoms with E-state index in [0.717, 1.165) is 5.39 Å². The van der Waals surface area contributed by atoms with Gasteiger partial charge < -0.3 is 10.8 Å². The molecule has 4 heterocycles. The van der Waals surface area contributed by atoms with Crippen LogP contribution in [-0.4, -0.2) is 58.7 Å². The lowest BCUT2D eigenvalue weighted by molar-refractivity contribution is -0.134. The fourth-order valence-electron chi connectivity index (χ4n) is 3.76. The van der Waals surface area contributed by atoms with Crippen molar-refractivity contribution in [2.75, 3.05) is 18.8 Å². The number of nitrogen functional groups attached to an aromatic ring is 1. The number of likely N-dealkylation sites (tertiary alicyclic amines) is 1. The summed E-state index contributed by atoms with van der Waals surface area (Å²) in [7, 11) is 0. The molecule has 11 heteroatoms. The number of halogens is 2. The van der Waals surface area contributed by atoms with E-state index in [1.165, 1.54) is 25.5 Å². The zero-order valence-electron chi connectivity index (χ0n) is 18.2. The summed E-state index contributed by atoms with van der Waals surface area (Å²) in [5.41, 5.74) is 6.11. The summed E-state index contributed by atoms with van der Waals surface area (Å²) >= 11 is 0. The lowest BCUT2D eigenvalue weighted by Crippen LogP contribution is -2.55. The maximum absolute atomic E-state index is 13.3. The van der Waals surface area contributed by atoms with E-state index in [1.807, 2.05) is 6.07 Å². The van der Waals surface area contributed by atoms with Gasteiger partial charge in [0.15, 0.2) is 17.2 Å². The van der Waals surface area contributed by atoms with Crippen LogP contribution in [0.15, 0.2) is 48.9 Å². The molecule has 1 aromatic carbocycles. The lowest BCUT2D eigenvalue weighted by atomic mass is 10.0. The maximum Gasteiger partial charge on any atom is 0.272 e. The Hall–Kier alpha value is -4.01. The molecule has 0 saturated carbocycles. The highest BCUT2D eigenvalue weighted by atomic mass is 19.3. The molecule has 5 rings (SSSR count). The SMILES string of the molecule is CC(O)(C#Cc1ccc2c(CN3CC(F)(F)C3)nn(-c3ccnc(N)n3)c2c1)c1ncccn1. The number of nitrogens with two attached hydrogens (primary N) is 1. The molecule has 0 aliphatic carbocycles. The molecule has 1 saturated heterocycles. The number of nitrogens with zero attached hydrogens (tertiary/aromatic N) is 7. The first-order chi connectivity index (χ1) is 16.2. The largest absolute Gasteiger partial charge is 0.371 e. The van der Waals surface area contributed by atoms with Gasteiger partial charge in [-0.2, -0.15) is 10.1 Å². The van der Waals surface area contributed by atoms with Crippen molar-refractivity contribution >= 4 is 16.9 Å². The van der Waals surface area contributed by atoms with Crippen molar-refractivity contribution < 1.29 is 13.9 Å². The Morgan fingerprint density at radius 2 is 1.91 bits per heavy atom. The summed E-state index contributed by atoms with van der Waals surface area (Å²) < 4.78 is 28.3. The van der Waals surface area contributed by atoms with E-state index < -0.39 is 11.5 Å². The average Bonchev–Trinajstić information content (AvgIpc) is 3.15. The third-order valence-electron chi connectivity index (χ3n) is 5.37. The molecule has 34 heavy (non-hydrogen) atoms. The normalized spacial score (nSPS) is 16.9. The topological polar surface area (TPSA) is 119 Å². The maximum atomic E-state index is 13.3. The molecule has 0 radical (unpaired) electrons. The minimum absolute atomic E-state index is 0.0833. The van der Waals surface area contributed by atoms with Crippen LogP contribution in [0.1, 0.15) is 24.0 Å². The van der Waals surface area contributed by atoms with Crippen LogP contribution in [0.4, 0.5) is 14.7 Å². The molecule has 0 bridgehead atoms. The van der Waals surface area contributed by atoms with Crippen LogP contribution >= 0.6 is 0 Å². The first-order valence-electron chi connectivity index (χ1n) is 10.4. The Balaban J connectivity index is 1.55. The third kappa shape index (κ3) is 4.28. The standard InChI is InChI=1S/C23H20F2N8O/c1-22(34,20-27-8-2-9-28-20)7-5-15-3-4-16-17(12-32-13-23(24,25)14-32)31-33(18(16)11-15)19-6-10-29-21(26)30-19/h2-4,6,8-11,34H,12-14H2,1H3,(H2,26,29,30). The summed E-state index contributed by atoms with van der Waals surface area (Å²) in [6.45, 7) is 1.18. The Morgan fingerprint density at radius 3 is 2.62 bits per heavy atom. The number of aliphatic hydroxyl groups is 1. The molecule has 1 aliphatic heterocycles. The zero-order valence-corrected chi connectivity index (χ0v) is 18.2. The Labute approximate surface area is 193 Å². The monoisotopic (exact) mass is 462 g/mol. The van der Waals surface area contributed by atoms with Crippen LogP contribution in [0.5, 0.6) is 0 Å². The Bertz CT molecular complexity index is 1420. The number of hydrogen-bond acceptors (Lipinski definition) is 8. The van der Waals surface area contributed by atoms with Crippen molar-refractivity contribution in [1.82, 2.24) is 34.6 Å². The third-order valence-corrected chi connectivity index (χ3v) is 5.37. The molecule has 1 unspecified atom stereocenters. The second kappa shape index (κ2) is 8.09. The lowest BCUT2D eigenvalue weighted by Gasteiger charge is -2.38. The van der Waals surface area contributed by atoms with E-state index >= 15 is 0 Å². The minimum atomic E-state index is -2.67. The Morgan fingerprint density at radius 1 is 1.15 bits per heavy atom. The summed E-state index contributed by atoms with van der Waals surface area (Å²) in [5, 5.41) is 16.1.